The Balaban J connectivity index is 0.000000199. The normalized spacial score (nSPS) is 15.3. The summed E-state index contributed by atoms with van der Waals surface area (Å²) in [4.78, 5) is 22.0. The summed E-state index contributed by atoms with van der Waals surface area (Å²) in [6.45, 7) is 3.62. The molecule has 0 saturated carbocycles. The molecule has 0 spiro atoms. The number of aryl methyl sites for hydroxylation is 2. The highest BCUT2D eigenvalue weighted by Crippen LogP contribution is 2.29. The van der Waals surface area contributed by atoms with Crippen LogP contribution in [0.3, 0.4) is 0 Å². The molecule has 0 amide bonds. The second kappa shape index (κ2) is 10.4. The van der Waals surface area contributed by atoms with Gasteiger partial charge in [0.25, 0.3) is 0 Å². The van der Waals surface area contributed by atoms with Crippen LogP contribution in [0.4, 0.5) is 0 Å². The molecule has 0 fully saturated rings. The van der Waals surface area contributed by atoms with Crippen LogP contribution >= 0.6 is 31.9 Å². The van der Waals surface area contributed by atoms with Crippen LogP contribution in [0.2, 0.25) is 0 Å². The third-order valence-corrected chi connectivity index (χ3v) is 4.77. The van der Waals surface area contributed by atoms with E-state index in [0.717, 1.165) is 33.8 Å². The highest BCUT2D eigenvalue weighted by Gasteiger charge is 2.24. The summed E-state index contributed by atoms with van der Waals surface area (Å²) in [5.41, 5.74) is 3.39. The fourth-order valence-electron chi connectivity index (χ4n) is 2.73. The molecular formula is C20H18Br2N6O2. The smallest absolute Gasteiger partial charge is 0.158 e. The van der Waals surface area contributed by atoms with Crippen molar-refractivity contribution in [3.05, 3.63) is 80.3 Å². The molecule has 1 unspecified atom stereocenters. The Hall–Kier alpha value is -2.72. The maximum Gasteiger partial charge on any atom is 0.158 e. The molecule has 10 heteroatoms. The third kappa shape index (κ3) is 6.14. The molecule has 2 aromatic heterocycles. The number of halogens is 2. The van der Waals surface area contributed by atoms with Crippen LogP contribution in [0.5, 0.6) is 0 Å². The Labute approximate surface area is 190 Å². The van der Waals surface area contributed by atoms with Gasteiger partial charge >= 0.3 is 0 Å². The van der Waals surface area contributed by atoms with E-state index in [1.165, 1.54) is 6.21 Å². The van der Waals surface area contributed by atoms with Gasteiger partial charge in [0.05, 0.1) is 17.6 Å². The van der Waals surface area contributed by atoms with Crippen molar-refractivity contribution in [3.8, 4) is 0 Å². The van der Waals surface area contributed by atoms with E-state index in [-0.39, 0.29) is 6.10 Å². The Morgan fingerprint density at radius 1 is 1.00 bits per heavy atom. The summed E-state index contributed by atoms with van der Waals surface area (Å²) in [6, 6.07) is 13.6. The molecule has 3 aromatic rings. The predicted octanol–water partition coefficient (Wildman–Crippen LogP) is 4.77. The Bertz CT molecular complexity index is 1040. The Morgan fingerprint density at radius 3 is 2.30 bits per heavy atom. The van der Waals surface area contributed by atoms with E-state index in [0.29, 0.717) is 16.1 Å². The van der Waals surface area contributed by atoms with Crippen LogP contribution in [0.1, 0.15) is 41.1 Å². The van der Waals surface area contributed by atoms with Gasteiger partial charge in [-0.2, -0.15) is 0 Å². The first-order valence-electron chi connectivity index (χ1n) is 8.92. The topological polar surface area (TPSA) is 106 Å². The van der Waals surface area contributed by atoms with Crippen LogP contribution in [0, 0.1) is 13.8 Å². The summed E-state index contributed by atoms with van der Waals surface area (Å²) in [7, 11) is 0. The minimum absolute atomic E-state index is 0.0229. The van der Waals surface area contributed by atoms with Crippen LogP contribution in [0.25, 0.3) is 0 Å². The zero-order chi connectivity index (χ0) is 21.5. The van der Waals surface area contributed by atoms with Crippen LogP contribution < -0.4 is 0 Å². The van der Waals surface area contributed by atoms with E-state index in [1.54, 1.807) is 13.0 Å². The first kappa shape index (κ1) is 22.0. The molecule has 1 aliphatic heterocycles. The fraction of sp³-hybridized carbons (Fsp3) is 0.200. The lowest BCUT2D eigenvalue weighted by atomic mass is 10.0. The second-order valence-electron chi connectivity index (χ2n) is 6.28. The number of nitrogens with zero attached hydrogens (tertiary/aromatic N) is 6. The van der Waals surface area contributed by atoms with E-state index >= 15 is 0 Å². The summed E-state index contributed by atoms with van der Waals surface area (Å²) < 4.78 is 1.45. The molecule has 30 heavy (non-hydrogen) atoms. The standard InChI is InChI=1S/C14H12BrN3O.C6H6BrN3O/c1-9-16-11(8-14(15)17-9)12-7-13(19-18-12)10-5-3-2-4-6-10;1-4-9-5(3-8-11)2-6(7)10-4/h2-6,8,13H,7H2,1H3;2-3,11H,1H3/b;8-3+. The number of benzene rings is 1. The van der Waals surface area contributed by atoms with Crippen molar-refractivity contribution in [3.63, 3.8) is 0 Å². The Kier molecular flexibility index (Phi) is 7.58. The van der Waals surface area contributed by atoms with Crippen LogP contribution in [-0.2, 0) is 4.84 Å². The van der Waals surface area contributed by atoms with Crippen molar-refractivity contribution in [1.29, 1.82) is 0 Å². The molecule has 8 nitrogen and oxygen atoms in total. The maximum absolute atomic E-state index is 8.20. The summed E-state index contributed by atoms with van der Waals surface area (Å²) in [5, 5.41) is 15.2. The first-order chi connectivity index (χ1) is 14.4. The van der Waals surface area contributed by atoms with Gasteiger partial charge in [-0.05, 0) is 63.4 Å². The van der Waals surface area contributed by atoms with Gasteiger partial charge < -0.3 is 10.0 Å². The summed E-state index contributed by atoms with van der Waals surface area (Å²) >= 11 is 6.56. The van der Waals surface area contributed by atoms with E-state index < -0.39 is 0 Å². The molecule has 1 N–H and O–H groups in total. The third-order valence-electron chi connectivity index (χ3n) is 3.96. The lowest BCUT2D eigenvalue weighted by Crippen LogP contribution is -2.05. The quantitative estimate of drug-likeness (QED) is 0.225. The largest absolute Gasteiger partial charge is 0.411 e. The van der Waals surface area contributed by atoms with Crippen molar-refractivity contribution in [2.45, 2.75) is 26.4 Å². The lowest BCUT2D eigenvalue weighted by molar-refractivity contribution is 0.0857. The van der Waals surface area contributed by atoms with Gasteiger partial charge in [0.15, 0.2) is 6.10 Å². The van der Waals surface area contributed by atoms with Gasteiger partial charge in [-0.3, -0.25) is 0 Å². The number of hydrogen-bond donors (Lipinski definition) is 1. The maximum atomic E-state index is 8.20. The number of rotatable bonds is 3. The van der Waals surface area contributed by atoms with Gasteiger partial charge in [-0.1, -0.05) is 40.6 Å². The van der Waals surface area contributed by atoms with Gasteiger partial charge in [0, 0.05) is 6.42 Å². The molecule has 3 heterocycles. The van der Waals surface area contributed by atoms with E-state index in [9.17, 15) is 0 Å². The predicted molar refractivity (Wildman–Crippen MR) is 120 cm³/mol. The van der Waals surface area contributed by atoms with Crippen LogP contribution in [0.15, 0.2) is 62.0 Å². The number of oxime groups is 2. The van der Waals surface area contributed by atoms with E-state index in [2.05, 4.69) is 62.1 Å². The molecule has 1 atom stereocenters. The van der Waals surface area contributed by atoms with Crippen molar-refractivity contribution in [1.82, 2.24) is 19.9 Å². The van der Waals surface area contributed by atoms with Crippen molar-refractivity contribution in [2.75, 3.05) is 0 Å². The van der Waals surface area contributed by atoms with Gasteiger partial charge in [0.2, 0.25) is 0 Å². The summed E-state index contributed by atoms with van der Waals surface area (Å²) in [5.74, 6) is 1.35. The number of aromatic nitrogens is 4. The Morgan fingerprint density at radius 2 is 1.67 bits per heavy atom. The molecule has 0 aliphatic carbocycles. The zero-order valence-corrected chi connectivity index (χ0v) is 19.4. The molecule has 1 aliphatic rings. The molecule has 0 saturated heterocycles. The molecule has 0 bridgehead atoms. The molecular weight excluding hydrogens is 516 g/mol. The molecule has 154 valence electrons. The average molecular weight is 534 g/mol. The zero-order valence-electron chi connectivity index (χ0n) is 16.2. The van der Waals surface area contributed by atoms with Crippen molar-refractivity contribution < 1.29 is 10.0 Å². The fourth-order valence-corrected chi connectivity index (χ4v) is 3.70. The molecule has 0 radical (unpaired) electrons. The van der Waals surface area contributed by atoms with Crippen molar-refractivity contribution >= 4 is 43.8 Å². The number of hydrogen-bond acceptors (Lipinski definition) is 8. The highest BCUT2D eigenvalue weighted by molar-refractivity contribution is 9.10. The minimum Gasteiger partial charge on any atom is -0.411 e. The monoisotopic (exact) mass is 532 g/mol. The van der Waals surface area contributed by atoms with E-state index in [4.69, 9.17) is 10.0 Å². The molecule has 1 aromatic carbocycles. The van der Waals surface area contributed by atoms with Gasteiger partial charge in [-0.15, -0.1) is 0 Å². The van der Waals surface area contributed by atoms with Crippen LogP contribution in [-0.4, -0.2) is 37.1 Å². The highest BCUT2D eigenvalue weighted by atomic mass is 79.9. The average Bonchev–Trinajstić information content (AvgIpc) is 3.18. The molecule has 4 rings (SSSR count). The first-order valence-corrected chi connectivity index (χ1v) is 10.5. The van der Waals surface area contributed by atoms with Gasteiger partial charge in [-0.25, -0.2) is 19.9 Å². The van der Waals surface area contributed by atoms with Gasteiger partial charge in [0.1, 0.15) is 26.6 Å². The minimum atomic E-state index is -0.0229. The SMILES string of the molecule is Cc1nc(Br)cc(/C=N/O)n1.Cc1nc(Br)cc(C2=NOC(c3ccccc3)C2)n1. The van der Waals surface area contributed by atoms with E-state index in [1.807, 2.05) is 43.3 Å². The van der Waals surface area contributed by atoms with Crippen molar-refractivity contribution in [2.24, 2.45) is 10.3 Å². The lowest BCUT2D eigenvalue weighted by Gasteiger charge is -2.07. The second-order valence-corrected chi connectivity index (χ2v) is 7.90. The summed E-state index contributed by atoms with van der Waals surface area (Å²) in [6.07, 6.45) is 1.96.